The molecule has 3 aromatic rings. The van der Waals surface area contributed by atoms with Crippen LogP contribution in [-0.4, -0.2) is 52.6 Å². The third-order valence-corrected chi connectivity index (χ3v) is 5.11. The van der Waals surface area contributed by atoms with Crippen LogP contribution in [0.5, 0.6) is 5.75 Å². The minimum absolute atomic E-state index is 0.0318. The molecule has 30 heavy (non-hydrogen) atoms. The Labute approximate surface area is 176 Å². The van der Waals surface area contributed by atoms with Crippen LogP contribution in [0.3, 0.4) is 0 Å². The van der Waals surface area contributed by atoms with E-state index in [2.05, 4.69) is 30.5 Å². The van der Waals surface area contributed by atoms with Crippen LogP contribution >= 0.6 is 0 Å². The van der Waals surface area contributed by atoms with E-state index in [1.165, 1.54) is 0 Å². The number of para-hydroxylation sites is 2. The van der Waals surface area contributed by atoms with Crippen molar-refractivity contribution in [1.29, 1.82) is 0 Å². The molecule has 1 amide bonds. The van der Waals surface area contributed by atoms with Gasteiger partial charge in [0.2, 0.25) is 5.91 Å². The Hall–Kier alpha value is -3.29. The van der Waals surface area contributed by atoms with Crippen molar-refractivity contribution < 1.29 is 9.53 Å². The molecular formula is C22H28N6O2. The Kier molecular flexibility index (Phi) is 6.02. The molecule has 4 rings (SSSR count). The molecule has 3 N–H and O–H groups in total. The molecule has 0 bridgehead atoms. The third kappa shape index (κ3) is 4.64. The number of rotatable bonds is 7. The largest absolute Gasteiger partial charge is 0.489 e. The number of nitrogens with one attached hydrogen (secondary N) is 3. The number of benzene rings is 1. The molecule has 0 saturated carbocycles. The molecule has 2 aromatic heterocycles. The van der Waals surface area contributed by atoms with Gasteiger partial charge in [-0.3, -0.25) is 4.79 Å². The molecule has 0 spiro atoms. The number of anilines is 2. The Morgan fingerprint density at radius 1 is 1.30 bits per heavy atom. The highest BCUT2D eigenvalue weighted by molar-refractivity contribution is 5.87. The Balaban J connectivity index is 1.34. The summed E-state index contributed by atoms with van der Waals surface area (Å²) in [6, 6.07) is 9.75. The van der Waals surface area contributed by atoms with Crippen molar-refractivity contribution >= 4 is 28.4 Å². The lowest BCUT2D eigenvalue weighted by molar-refractivity contribution is -0.120. The Morgan fingerprint density at radius 2 is 2.17 bits per heavy atom. The predicted molar refractivity (Wildman–Crippen MR) is 118 cm³/mol. The molecule has 1 atom stereocenters. The van der Waals surface area contributed by atoms with E-state index in [0.717, 1.165) is 54.2 Å². The summed E-state index contributed by atoms with van der Waals surface area (Å²) in [5.74, 6) is 1.64. The quantitative estimate of drug-likeness (QED) is 0.556. The van der Waals surface area contributed by atoms with Gasteiger partial charge in [-0.05, 0) is 44.9 Å². The van der Waals surface area contributed by atoms with Crippen molar-refractivity contribution in [1.82, 2.24) is 20.3 Å². The van der Waals surface area contributed by atoms with Crippen LogP contribution in [0, 0.1) is 0 Å². The lowest BCUT2D eigenvalue weighted by atomic mass is 10.1. The smallest absolute Gasteiger partial charge is 0.239 e. The topological polar surface area (TPSA) is 95.2 Å². The van der Waals surface area contributed by atoms with Gasteiger partial charge in [-0.15, -0.1) is 0 Å². The number of nitrogens with zero attached hydrogens (tertiary/aromatic N) is 3. The van der Waals surface area contributed by atoms with E-state index in [1.807, 2.05) is 50.4 Å². The van der Waals surface area contributed by atoms with Gasteiger partial charge in [0, 0.05) is 25.3 Å². The number of amides is 1. The molecule has 0 unspecified atom stereocenters. The van der Waals surface area contributed by atoms with Crippen molar-refractivity contribution in [3.05, 3.63) is 42.9 Å². The molecule has 8 nitrogen and oxygen atoms in total. The van der Waals surface area contributed by atoms with Crippen LogP contribution in [-0.2, 0) is 4.79 Å². The maximum absolute atomic E-state index is 12.6. The molecule has 0 aliphatic carbocycles. The van der Waals surface area contributed by atoms with E-state index in [0.29, 0.717) is 0 Å². The summed E-state index contributed by atoms with van der Waals surface area (Å²) in [7, 11) is 0. The van der Waals surface area contributed by atoms with Crippen LogP contribution in [0.25, 0.3) is 11.0 Å². The molecule has 1 fully saturated rings. The predicted octanol–water partition coefficient (Wildman–Crippen LogP) is 2.94. The van der Waals surface area contributed by atoms with Crippen LogP contribution in [0.2, 0.25) is 0 Å². The van der Waals surface area contributed by atoms with Crippen molar-refractivity contribution in [3.8, 4) is 5.75 Å². The van der Waals surface area contributed by atoms with E-state index < -0.39 is 0 Å². The molecule has 158 valence electrons. The maximum atomic E-state index is 12.6. The van der Waals surface area contributed by atoms with Gasteiger partial charge >= 0.3 is 0 Å². The van der Waals surface area contributed by atoms with E-state index in [4.69, 9.17) is 4.74 Å². The number of fused-ring (bicyclic) bond motifs is 1. The van der Waals surface area contributed by atoms with E-state index in [-0.39, 0.29) is 24.6 Å². The summed E-state index contributed by atoms with van der Waals surface area (Å²) in [6.45, 7) is 5.82. The summed E-state index contributed by atoms with van der Waals surface area (Å²) < 4.78 is 5.80. The minimum Gasteiger partial charge on any atom is -0.489 e. The van der Waals surface area contributed by atoms with Gasteiger partial charge in [-0.2, -0.15) is 0 Å². The molecule has 1 aliphatic rings. The highest BCUT2D eigenvalue weighted by Crippen LogP contribution is 2.26. The SMILES string of the molecule is CC(C)Oc1ccccc1NCC(=O)N[C@@H]1CCCN(c2ncnc3[nH]ccc23)C1. The van der Waals surface area contributed by atoms with Gasteiger partial charge in [0.25, 0.3) is 0 Å². The van der Waals surface area contributed by atoms with Gasteiger partial charge in [0.05, 0.1) is 23.7 Å². The third-order valence-electron chi connectivity index (χ3n) is 5.11. The minimum atomic E-state index is -0.0318. The molecule has 8 heteroatoms. The van der Waals surface area contributed by atoms with Gasteiger partial charge in [0.1, 0.15) is 23.5 Å². The van der Waals surface area contributed by atoms with Gasteiger partial charge in [0.15, 0.2) is 0 Å². The Morgan fingerprint density at radius 3 is 3.03 bits per heavy atom. The first-order valence-corrected chi connectivity index (χ1v) is 10.4. The van der Waals surface area contributed by atoms with Crippen molar-refractivity contribution in [2.45, 2.75) is 38.8 Å². The molecular weight excluding hydrogens is 380 g/mol. The van der Waals surface area contributed by atoms with Gasteiger partial charge in [-0.1, -0.05) is 12.1 Å². The summed E-state index contributed by atoms with van der Waals surface area (Å²) in [5.41, 5.74) is 1.65. The van der Waals surface area contributed by atoms with Crippen LogP contribution in [0.1, 0.15) is 26.7 Å². The zero-order valence-corrected chi connectivity index (χ0v) is 17.4. The lowest BCUT2D eigenvalue weighted by Gasteiger charge is -2.34. The van der Waals surface area contributed by atoms with Crippen molar-refractivity contribution in [2.24, 2.45) is 0 Å². The number of carbonyl (C=O) groups is 1. The number of piperidine rings is 1. The highest BCUT2D eigenvalue weighted by Gasteiger charge is 2.24. The summed E-state index contributed by atoms with van der Waals surface area (Å²) in [5, 5.41) is 7.36. The summed E-state index contributed by atoms with van der Waals surface area (Å²) >= 11 is 0. The second kappa shape index (κ2) is 9.02. The van der Waals surface area contributed by atoms with E-state index in [9.17, 15) is 4.79 Å². The number of hydrogen-bond donors (Lipinski definition) is 3. The maximum Gasteiger partial charge on any atom is 0.239 e. The fourth-order valence-electron chi connectivity index (χ4n) is 3.82. The number of carbonyl (C=O) groups excluding carboxylic acids is 1. The van der Waals surface area contributed by atoms with E-state index in [1.54, 1.807) is 6.33 Å². The number of H-pyrrole nitrogens is 1. The first kappa shape index (κ1) is 20.0. The second-order valence-corrected chi connectivity index (χ2v) is 7.81. The molecule has 1 aliphatic heterocycles. The van der Waals surface area contributed by atoms with Gasteiger partial charge in [-0.25, -0.2) is 9.97 Å². The lowest BCUT2D eigenvalue weighted by Crippen LogP contribution is -2.49. The standard InChI is InChI=1S/C22H28N6O2/c1-15(2)30-19-8-4-3-7-18(19)24-12-20(29)27-16-6-5-11-28(13-16)22-17-9-10-23-21(17)25-14-26-22/h3-4,7-10,14-16,24H,5-6,11-13H2,1-2H3,(H,27,29)(H,23,25,26)/t16-/m1/s1. The molecule has 3 heterocycles. The number of ether oxygens (including phenoxy) is 1. The van der Waals surface area contributed by atoms with Crippen LogP contribution in [0.15, 0.2) is 42.9 Å². The number of hydrogen-bond acceptors (Lipinski definition) is 6. The molecule has 0 radical (unpaired) electrons. The van der Waals surface area contributed by atoms with Crippen molar-refractivity contribution in [2.75, 3.05) is 29.9 Å². The van der Waals surface area contributed by atoms with Crippen LogP contribution < -0.4 is 20.3 Å². The average molecular weight is 409 g/mol. The summed E-state index contributed by atoms with van der Waals surface area (Å²) in [6.07, 6.45) is 5.48. The number of aromatic nitrogens is 3. The first-order valence-electron chi connectivity index (χ1n) is 10.4. The summed E-state index contributed by atoms with van der Waals surface area (Å²) in [4.78, 5) is 26.7. The average Bonchev–Trinajstić information content (AvgIpc) is 3.22. The second-order valence-electron chi connectivity index (χ2n) is 7.81. The fraction of sp³-hybridized carbons (Fsp3) is 0.409. The number of aromatic amines is 1. The highest BCUT2D eigenvalue weighted by atomic mass is 16.5. The fourth-order valence-corrected chi connectivity index (χ4v) is 3.82. The molecule has 1 saturated heterocycles. The first-order chi connectivity index (χ1) is 14.6. The zero-order chi connectivity index (χ0) is 20.9. The van der Waals surface area contributed by atoms with Gasteiger partial charge < -0.3 is 25.3 Å². The molecule has 1 aromatic carbocycles. The monoisotopic (exact) mass is 408 g/mol. The normalized spacial score (nSPS) is 16.6. The van der Waals surface area contributed by atoms with E-state index >= 15 is 0 Å². The van der Waals surface area contributed by atoms with Crippen LogP contribution in [0.4, 0.5) is 11.5 Å². The Bertz CT molecular complexity index is 1000. The zero-order valence-electron chi connectivity index (χ0n) is 17.4. The van der Waals surface area contributed by atoms with Crippen molar-refractivity contribution in [3.63, 3.8) is 0 Å².